The van der Waals surface area contributed by atoms with Gasteiger partial charge in [0.05, 0.1) is 0 Å². The molecule has 4 nitrogen and oxygen atoms in total. The fourth-order valence-corrected chi connectivity index (χ4v) is 2.63. The maximum Gasteiger partial charge on any atom is 0.131 e. The van der Waals surface area contributed by atoms with Gasteiger partial charge in [0.1, 0.15) is 5.82 Å². The second-order valence-electron chi connectivity index (χ2n) is 5.35. The monoisotopic (exact) mass is 262 g/mol. The molecule has 2 heterocycles. The highest BCUT2D eigenvalue weighted by molar-refractivity contribution is 5.48. The van der Waals surface area contributed by atoms with Crippen LogP contribution in [0.15, 0.2) is 12.3 Å². The van der Waals surface area contributed by atoms with Gasteiger partial charge < -0.3 is 15.5 Å². The predicted octanol–water partition coefficient (Wildman–Crippen LogP) is 1.94. The molecule has 1 atom stereocenters. The summed E-state index contributed by atoms with van der Waals surface area (Å²) in [5.41, 5.74) is 8.46. The van der Waals surface area contributed by atoms with Crippen LogP contribution in [0.2, 0.25) is 0 Å². The van der Waals surface area contributed by atoms with Crippen molar-refractivity contribution in [3.8, 4) is 0 Å². The van der Waals surface area contributed by atoms with Crippen LogP contribution in [0.3, 0.4) is 0 Å². The SMILES string of the molecule is CC[C@H](N)c1cnc(N2CCN(CC)CC2)c(C)c1. The second-order valence-corrected chi connectivity index (χ2v) is 5.35. The Morgan fingerprint density at radius 1 is 1.26 bits per heavy atom. The van der Waals surface area contributed by atoms with Crippen molar-refractivity contribution in [2.24, 2.45) is 5.73 Å². The Bertz CT molecular complexity index is 411. The van der Waals surface area contributed by atoms with Gasteiger partial charge in [0.25, 0.3) is 0 Å². The number of anilines is 1. The zero-order valence-electron chi connectivity index (χ0n) is 12.4. The first-order valence-corrected chi connectivity index (χ1v) is 7.35. The van der Waals surface area contributed by atoms with Gasteiger partial charge in [-0.25, -0.2) is 4.98 Å². The zero-order valence-corrected chi connectivity index (χ0v) is 12.4. The molecule has 0 bridgehead atoms. The summed E-state index contributed by atoms with van der Waals surface area (Å²) in [6, 6.07) is 2.31. The summed E-state index contributed by atoms with van der Waals surface area (Å²) < 4.78 is 0. The third kappa shape index (κ3) is 3.25. The Hall–Kier alpha value is -1.13. The highest BCUT2D eigenvalue weighted by Gasteiger charge is 2.18. The molecule has 2 N–H and O–H groups in total. The molecule has 1 aliphatic rings. The number of nitrogens with zero attached hydrogens (tertiary/aromatic N) is 3. The van der Waals surface area contributed by atoms with E-state index in [1.54, 1.807) is 0 Å². The van der Waals surface area contributed by atoms with Gasteiger partial charge in [-0.1, -0.05) is 13.8 Å². The Labute approximate surface area is 116 Å². The standard InChI is InChI=1S/C15H26N4/c1-4-14(16)13-10-12(3)15(17-11-13)19-8-6-18(5-2)7-9-19/h10-11,14H,4-9,16H2,1-3H3/t14-/m0/s1. The summed E-state index contributed by atoms with van der Waals surface area (Å²) in [5, 5.41) is 0. The number of hydrogen-bond donors (Lipinski definition) is 1. The normalized spacial score (nSPS) is 18.6. The average Bonchev–Trinajstić information content (AvgIpc) is 2.46. The highest BCUT2D eigenvalue weighted by Crippen LogP contribution is 2.22. The summed E-state index contributed by atoms with van der Waals surface area (Å²) in [4.78, 5) is 9.52. The van der Waals surface area contributed by atoms with Crippen LogP contribution in [-0.4, -0.2) is 42.6 Å². The number of aromatic nitrogens is 1. The Balaban J connectivity index is 2.09. The second kappa shape index (κ2) is 6.35. The molecule has 4 heteroatoms. The Kier molecular flexibility index (Phi) is 4.77. The molecule has 19 heavy (non-hydrogen) atoms. The molecule has 1 saturated heterocycles. The molecular formula is C15H26N4. The van der Waals surface area contributed by atoms with Crippen molar-refractivity contribution < 1.29 is 0 Å². The fourth-order valence-electron chi connectivity index (χ4n) is 2.63. The maximum atomic E-state index is 6.07. The number of piperazine rings is 1. The molecule has 0 unspecified atom stereocenters. The van der Waals surface area contributed by atoms with E-state index in [9.17, 15) is 0 Å². The van der Waals surface area contributed by atoms with Gasteiger partial charge in [-0.3, -0.25) is 0 Å². The first-order valence-electron chi connectivity index (χ1n) is 7.35. The number of rotatable bonds is 4. The van der Waals surface area contributed by atoms with Gasteiger partial charge in [-0.05, 0) is 37.1 Å². The van der Waals surface area contributed by atoms with Crippen molar-refractivity contribution in [1.82, 2.24) is 9.88 Å². The van der Waals surface area contributed by atoms with E-state index >= 15 is 0 Å². The number of nitrogens with two attached hydrogens (primary N) is 1. The van der Waals surface area contributed by atoms with Crippen molar-refractivity contribution in [2.45, 2.75) is 33.2 Å². The lowest BCUT2D eigenvalue weighted by molar-refractivity contribution is 0.270. The van der Waals surface area contributed by atoms with Crippen LogP contribution in [0, 0.1) is 6.92 Å². The quantitative estimate of drug-likeness (QED) is 0.901. The highest BCUT2D eigenvalue weighted by atomic mass is 15.3. The van der Waals surface area contributed by atoms with Crippen molar-refractivity contribution >= 4 is 5.82 Å². The minimum Gasteiger partial charge on any atom is -0.354 e. The predicted molar refractivity (Wildman–Crippen MR) is 80.5 cm³/mol. The van der Waals surface area contributed by atoms with Gasteiger partial charge in [0.15, 0.2) is 0 Å². The van der Waals surface area contributed by atoms with Crippen LogP contribution < -0.4 is 10.6 Å². The molecule has 1 aliphatic heterocycles. The Morgan fingerprint density at radius 3 is 2.47 bits per heavy atom. The van der Waals surface area contributed by atoms with Crippen molar-refractivity contribution in [3.63, 3.8) is 0 Å². The summed E-state index contributed by atoms with van der Waals surface area (Å²) in [6.45, 7) is 12.0. The van der Waals surface area contributed by atoms with E-state index in [0.29, 0.717) is 0 Å². The van der Waals surface area contributed by atoms with Crippen LogP contribution in [0.25, 0.3) is 0 Å². The minimum atomic E-state index is 0.109. The zero-order chi connectivity index (χ0) is 13.8. The lowest BCUT2D eigenvalue weighted by Crippen LogP contribution is -2.46. The van der Waals surface area contributed by atoms with E-state index in [0.717, 1.165) is 50.5 Å². The lowest BCUT2D eigenvalue weighted by atomic mass is 10.1. The number of hydrogen-bond acceptors (Lipinski definition) is 4. The topological polar surface area (TPSA) is 45.4 Å². The van der Waals surface area contributed by atoms with E-state index in [2.05, 4.69) is 41.6 Å². The van der Waals surface area contributed by atoms with Crippen LogP contribution in [0.4, 0.5) is 5.82 Å². The maximum absolute atomic E-state index is 6.07. The largest absolute Gasteiger partial charge is 0.354 e. The molecule has 0 aliphatic carbocycles. The molecule has 0 spiro atoms. The molecule has 1 aromatic heterocycles. The Morgan fingerprint density at radius 2 is 1.95 bits per heavy atom. The number of pyridine rings is 1. The van der Waals surface area contributed by atoms with E-state index in [1.807, 2.05) is 6.20 Å². The summed E-state index contributed by atoms with van der Waals surface area (Å²) >= 11 is 0. The summed E-state index contributed by atoms with van der Waals surface area (Å²) in [6.07, 6.45) is 2.90. The number of aryl methyl sites for hydroxylation is 1. The molecule has 1 aromatic rings. The van der Waals surface area contributed by atoms with Crippen LogP contribution >= 0.6 is 0 Å². The van der Waals surface area contributed by atoms with Gasteiger partial charge >= 0.3 is 0 Å². The molecule has 0 saturated carbocycles. The van der Waals surface area contributed by atoms with E-state index in [4.69, 9.17) is 5.73 Å². The average molecular weight is 262 g/mol. The third-order valence-electron chi connectivity index (χ3n) is 4.06. The smallest absolute Gasteiger partial charge is 0.131 e. The van der Waals surface area contributed by atoms with E-state index in [1.165, 1.54) is 5.56 Å². The first kappa shape index (κ1) is 14.3. The van der Waals surface area contributed by atoms with Crippen LogP contribution in [0.5, 0.6) is 0 Å². The molecular weight excluding hydrogens is 236 g/mol. The molecule has 0 amide bonds. The molecule has 0 radical (unpaired) electrons. The summed E-state index contributed by atoms with van der Waals surface area (Å²) in [5.74, 6) is 1.13. The third-order valence-corrected chi connectivity index (χ3v) is 4.06. The number of likely N-dealkylation sites (N-methyl/N-ethyl adjacent to an activating group) is 1. The molecule has 2 rings (SSSR count). The van der Waals surface area contributed by atoms with Crippen molar-refractivity contribution in [3.05, 3.63) is 23.4 Å². The van der Waals surface area contributed by atoms with Crippen LogP contribution in [0.1, 0.15) is 37.4 Å². The molecule has 106 valence electrons. The fraction of sp³-hybridized carbons (Fsp3) is 0.667. The van der Waals surface area contributed by atoms with Crippen LogP contribution in [-0.2, 0) is 0 Å². The van der Waals surface area contributed by atoms with Gasteiger partial charge in [0.2, 0.25) is 0 Å². The summed E-state index contributed by atoms with van der Waals surface area (Å²) in [7, 11) is 0. The minimum absolute atomic E-state index is 0.109. The van der Waals surface area contributed by atoms with Gasteiger partial charge in [-0.2, -0.15) is 0 Å². The molecule has 0 aromatic carbocycles. The first-order chi connectivity index (χ1) is 9.15. The lowest BCUT2D eigenvalue weighted by Gasteiger charge is -2.35. The van der Waals surface area contributed by atoms with Gasteiger partial charge in [-0.15, -0.1) is 0 Å². The van der Waals surface area contributed by atoms with E-state index in [-0.39, 0.29) is 6.04 Å². The van der Waals surface area contributed by atoms with E-state index < -0.39 is 0 Å². The van der Waals surface area contributed by atoms with Gasteiger partial charge in [0, 0.05) is 38.4 Å². The molecule has 1 fully saturated rings. The van der Waals surface area contributed by atoms with Crippen molar-refractivity contribution in [1.29, 1.82) is 0 Å². The van der Waals surface area contributed by atoms with Crippen molar-refractivity contribution in [2.75, 3.05) is 37.6 Å².